The summed E-state index contributed by atoms with van der Waals surface area (Å²) in [6.45, 7) is 2.12. The number of nitrogens with one attached hydrogen (secondary N) is 1. The van der Waals surface area contributed by atoms with Crippen LogP contribution in [0, 0.1) is 0 Å². The summed E-state index contributed by atoms with van der Waals surface area (Å²) in [6, 6.07) is 7.48. The topological polar surface area (TPSA) is 50.8 Å². The number of rotatable bonds is 5. The molecule has 5 heteroatoms. The molecule has 0 aromatic heterocycles. The van der Waals surface area contributed by atoms with Crippen molar-refractivity contribution < 1.29 is 14.3 Å². The SMILES string of the molecule is COc1ccc(OCC(=O)NC2CCN(C)CC2)cc1. The minimum atomic E-state index is -0.0598. The smallest absolute Gasteiger partial charge is 0.258 e. The van der Waals surface area contributed by atoms with E-state index in [0.717, 1.165) is 31.7 Å². The minimum Gasteiger partial charge on any atom is -0.497 e. The Balaban J connectivity index is 1.71. The van der Waals surface area contributed by atoms with E-state index in [4.69, 9.17) is 9.47 Å². The van der Waals surface area contributed by atoms with Gasteiger partial charge in [-0.05, 0) is 57.2 Å². The highest BCUT2D eigenvalue weighted by atomic mass is 16.5. The van der Waals surface area contributed by atoms with Crippen LogP contribution in [0.3, 0.4) is 0 Å². The third-order valence-corrected chi connectivity index (χ3v) is 3.51. The van der Waals surface area contributed by atoms with Crippen LogP contribution < -0.4 is 14.8 Å². The van der Waals surface area contributed by atoms with Gasteiger partial charge in [0.15, 0.2) is 6.61 Å². The van der Waals surface area contributed by atoms with Gasteiger partial charge >= 0.3 is 0 Å². The molecule has 1 aliphatic heterocycles. The first-order valence-electron chi connectivity index (χ1n) is 6.92. The van der Waals surface area contributed by atoms with Gasteiger partial charge in [0.2, 0.25) is 0 Å². The molecule has 1 fully saturated rings. The van der Waals surface area contributed by atoms with Gasteiger partial charge < -0.3 is 19.7 Å². The number of carbonyl (C=O) groups is 1. The Morgan fingerprint density at radius 1 is 1.25 bits per heavy atom. The predicted octanol–water partition coefficient (Wildman–Crippen LogP) is 1.28. The molecule has 0 atom stereocenters. The first-order valence-corrected chi connectivity index (χ1v) is 6.92. The summed E-state index contributed by atoms with van der Waals surface area (Å²) in [4.78, 5) is 14.1. The van der Waals surface area contributed by atoms with Gasteiger partial charge in [-0.25, -0.2) is 0 Å². The molecule has 1 amide bonds. The molecule has 1 saturated heterocycles. The number of methoxy groups -OCH3 is 1. The molecule has 20 heavy (non-hydrogen) atoms. The lowest BCUT2D eigenvalue weighted by Gasteiger charge is -2.29. The van der Waals surface area contributed by atoms with Crippen LogP contribution in [0.5, 0.6) is 11.5 Å². The van der Waals surface area contributed by atoms with E-state index in [1.807, 2.05) is 12.1 Å². The van der Waals surface area contributed by atoms with Crippen molar-refractivity contribution in [1.82, 2.24) is 10.2 Å². The zero-order valence-electron chi connectivity index (χ0n) is 12.1. The lowest BCUT2D eigenvalue weighted by molar-refractivity contribution is -0.124. The van der Waals surface area contributed by atoms with E-state index in [-0.39, 0.29) is 18.6 Å². The third-order valence-electron chi connectivity index (χ3n) is 3.51. The van der Waals surface area contributed by atoms with Gasteiger partial charge in [-0.3, -0.25) is 4.79 Å². The van der Waals surface area contributed by atoms with Crippen molar-refractivity contribution in [3.05, 3.63) is 24.3 Å². The Bertz CT molecular complexity index is 425. The van der Waals surface area contributed by atoms with Gasteiger partial charge in [0.25, 0.3) is 5.91 Å². The second-order valence-corrected chi connectivity index (χ2v) is 5.11. The molecule has 0 unspecified atom stereocenters. The lowest BCUT2D eigenvalue weighted by Crippen LogP contribution is -2.44. The summed E-state index contributed by atoms with van der Waals surface area (Å²) in [5, 5.41) is 3.02. The van der Waals surface area contributed by atoms with Gasteiger partial charge in [0.05, 0.1) is 7.11 Å². The number of benzene rings is 1. The zero-order valence-corrected chi connectivity index (χ0v) is 12.1. The molecule has 1 heterocycles. The van der Waals surface area contributed by atoms with Crippen LogP contribution >= 0.6 is 0 Å². The first-order chi connectivity index (χ1) is 9.67. The molecular formula is C15H22N2O3. The largest absolute Gasteiger partial charge is 0.497 e. The maximum Gasteiger partial charge on any atom is 0.258 e. The van der Waals surface area contributed by atoms with Crippen LogP contribution in [0.15, 0.2) is 24.3 Å². The van der Waals surface area contributed by atoms with Crippen LogP contribution in [0.2, 0.25) is 0 Å². The van der Waals surface area contributed by atoms with Crippen molar-refractivity contribution in [2.75, 3.05) is 33.9 Å². The normalized spacial score (nSPS) is 16.7. The van der Waals surface area contributed by atoms with E-state index in [2.05, 4.69) is 17.3 Å². The molecule has 0 spiro atoms. The van der Waals surface area contributed by atoms with Gasteiger partial charge in [-0.2, -0.15) is 0 Å². The monoisotopic (exact) mass is 278 g/mol. The molecule has 110 valence electrons. The highest BCUT2D eigenvalue weighted by molar-refractivity contribution is 5.77. The number of nitrogens with zero attached hydrogens (tertiary/aromatic N) is 1. The Kier molecular flexibility index (Phi) is 5.24. The third kappa shape index (κ3) is 4.42. The number of amides is 1. The summed E-state index contributed by atoms with van der Waals surface area (Å²) in [6.07, 6.45) is 2.01. The van der Waals surface area contributed by atoms with Gasteiger partial charge in [0, 0.05) is 6.04 Å². The molecule has 0 bridgehead atoms. The van der Waals surface area contributed by atoms with Crippen molar-refractivity contribution in [3.8, 4) is 11.5 Å². The summed E-state index contributed by atoms with van der Waals surface area (Å²) in [5.74, 6) is 1.38. The van der Waals surface area contributed by atoms with Crippen molar-refractivity contribution in [2.45, 2.75) is 18.9 Å². The Hall–Kier alpha value is -1.75. The number of hydrogen-bond acceptors (Lipinski definition) is 4. The molecule has 2 rings (SSSR count). The zero-order chi connectivity index (χ0) is 14.4. The molecule has 5 nitrogen and oxygen atoms in total. The number of carbonyl (C=O) groups excluding carboxylic acids is 1. The van der Waals surface area contributed by atoms with Crippen LogP contribution in [0.1, 0.15) is 12.8 Å². The highest BCUT2D eigenvalue weighted by Gasteiger charge is 2.18. The van der Waals surface area contributed by atoms with E-state index in [9.17, 15) is 4.79 Å². The number of ether oxygens (including phenoxy) is 2. The summed E-state index contributed by atoms with van der Waals surface area (Å²) < 4.78 is 10.5. The van der Waals surface area contributed by atoms with Gasteiger partial charge in [0.1, 0.15) is 11.5 Å². The van der Waals surface area contributed by atoms with Crippen molar-refractivity contribution in [2.24, 2.45) is 0 Å². The van der Waals surface area contributed by atoms with Gasteiger partial charge in [-0.15, -0.1) is 0 Å². The van der Waals surface area contributed by atoms with Crippen LogP contribution in [-0.4, -0.2) is 50.7 Å². The van der Waals surface area contributed by atoms with E-state index in [1.54, 1.807) is 19.2 Å². The van der Waals surface area contributed by atoms with E-state index >= 15 is 0 Å². The van der Waals surface area contributed by atoms with Crippen LogP contribution in [0.4, 0.5) is 0 Å². The average Bonchev–Trinajstić information content (AvgIpc) is 2.48. The molecule has 1 N–H and O–H groups in total. The lowest BCUT2D eigenvalue weighted by atomic mass is 10.1. The second-order valence-electron chi connectivity index (χ2n) is 5.11. The Morgan fingerprint density at radius 2 is 1.85 bits per heavy atom. The molecule has 1 aliphatic rings. The quantitative estimate of drug-likeness (QED) is 0.881. The summed E-state index contributed by atoms with van der Waals surface area (Å²) >= 11 is 0. The standard InChI is InChI=1S/C15H22N2O3/c1-17-9-7-12(8-10-17)16-15(18)11-20-14-5-3-13(19-2)4-6-14/h3-6,12H,7-11H2,1-2H3,(H,16,18). The van der Waals surface area contributed by atoms with E-state index < -0.39 is 0 Å². The number of likely N-dealkylation sites (tertiary alicyclic amines) is 1. The fourth-order valence-electron chi connectivity index (χ4n) is 2.24. The van der Waals surface area contributed by atoms with Crippen LogP contribution in [0.25, 0.3) is 0 Å². The predicted molar refractivity (Wildman–Crippen MR) is 77.2 cm³/mol. The fourth-order valence-corrected chi connectivity index (χ4v) is 2.24. The van der Waals surface area contributed by atoms with Crippen molar-refractivity contribution >= 4 is 5.91 Å². The number of hydrogen-bond donors (Lipinski definition) is 1. The van der Waals surface area contributed by atoms with Crippen molar-refractivity contribution in [3.63, 3.8) is 0 Å². The average molecular weight is 278 g/mol. The molecule has 0 aliphatic carbocycles. The molecule has 1 aromatic rings. The van der Waals surface area contributed by atoms with E-state index in [1.165, 1.54) is 0 Å². The molecule has 0 saturated carbocycles. The maximum absolute atomic E-state index is 11.8. The van der Waals surface area contributed by atoms with Crippen molar-refractivity contribution in [1.29, 1.82) is 0 Å². The highest BCUT2D eigenvalue weighted by Crippen LogP contribution is 2.16. The van der Waals surface area contributed by atoms with Gasteiger partial charge in [-0.1, -0.05) is 0 Å². The number of piperidine rings is 1. The Labute approximate surface area is 119 Å². The first kappa shape index (κ1) is 14.7. The van der Waals surface area contributed by atoms with Crippen LogP contribution in [-0.2, 0) is 4.79 Å². The molecule has 0 radical (unpaired) electrons. The second kappa shape index (κ2) is 7.14. The Morgan fingerprint density at radius 3 is 2.45 bits per heavy atom. The molecule has 1 aromatic carbocycles. The maximum atomic E-state index is 11.8. The fraction of sp³-hybridized carbons (Fsp3) is 0.533. The van der Waals surface area contributed by atoms with E-state index in [0.29, 0.717) is 5.75 Å². The summed E-state index contributed by atoms with van der Waals surface area (Å²) in [5.41, 5.74) is 0. The summed E-state index contributed by atoms with van der Waals surface area (Å²) in [7, 11) is 3.72. The minimum absolute atomic E-state index is 0.0542. The molecular weight excluding hydrogens is 256 g/mol.